The summed E-state index contributed by atoms with van der Waals surface area (Å²) >= 11 is 0. The molecule has 2 saturated heterocycles. The number of nitrogens with zero attached hydrogens (tertiary/aromatic N) is 1. The lowest BCUT2D eigenvalue weighted by Gasteiger charge is -2.44. The Morgan fingerprint density at radius 1 is 0.909 bits per heavy atom. The van der Waals surface area contributed by atoms with E-state index in [1.54, 1.807) is 0 Å². The minimum atomic E-state index is 0. The van der Waals surface area contributed by atoms with Gasteiger partial charge in [-0.05, 0) is 68.9 Å². The van der Waals surface area contributed by atoms with E-state index < -0.39 is 0 Å². The average molecular weight is 327 g/mol. The fraction of sp³-hybridized carbons (Fsp3) is 0.944. The number of likely N-dealkylation sites (tertiary alicyclic amines) is 1. The fourth-order valence-corrected chi connectivity index (χ4v) is 5.40. The van der Waals surface area contributed by atoms with Crippen molar-refractivity contribution >= 4 is 18.3 Å². The normalized spacial score (nSPS) is 32.5. The van der Waals surface area contributed by atoms with Gasteiger partial charge in [-0.1, -0.05) is 19.3 Å². The van der Waals surface area contributed by atoms with Crippen molar-refractivity contribution in [1.82, 2.24) is 10.2 Å². The second-order valence-corrected chi connectivity index (χ2v) is 8.26. The Morgan fingerprint density at radius 2 is 1.55 bits per heavy atom. The molecule has 0 radical (unpaired) electrons. The maximum absolute atomic E-state index is 12.8. The molecule has 0 aromatic heterocycles. The Hall–Kier alpha value is -0.280. The first-order chi connectivity index (χ1) is 10.2. The summed E-state index contributed by atoms with van der Waals surface area (Å²) in [5, 5.41) is 3.43. The molecule has 126 valence electrons. The number of hydrogen-bond donors (Lipinski definition) is 1. The van der Waals surface area contributed by atoms with E-state index in [-0.39, 0.29) is 12.4 Å². The third-order valence-corrected chi connectivity index (χ3v) is 7.14. The van der Waals surface area contributed by atoms with Gasteiger partial charge in [-0.3, -0.25) is 4.79 Å². The van der Waals surface area contributed by atoms with Gasteiger partial charge in [-0.15, -0.1) is 12.4 Å². The van der Waals surface area contributed by atoms with Crippen LogP contribution in [0.25, 0.3) is 0 Å². The molecule has 2 aliphatic heterocycles. The van der Waals surface area contributed by atoms with Gasteiger partial charge in [0.05, 0.1) is 0 Å². The molecule has 2 aliphatic carbocycles. The maximum atomic E-state index is 12.8. The van der Waals surface area contributed by atoms with Gasteiger partial charge >= 0.3 is 0 Å². The molecule has 2 spiro atoms. The molecule has 4 heteroatoms. The molecule has 4 fully saturated rings. The summed E-state index contributed by atoms with van der Waals surface area (Å²) in [4.78, 5) is 15.0. The van der Waals surface area contributed by atoms with E-state index in [0.29, 0.717) is 22.7 Å². The number of nitrogens with one attached hydrogen (secondary N) is 1. The number of hydrogen-bond acceptors (Lipinski definition) is 2. The van der Waals surface area contributed by atoms with Gasteiger partial charge in [0, 0.05) is 19.0 Å². The Bertz CT molecular complexity index is 403. The van der Waals surface area contributed by atoms with Crippen molar-refractivity contribution in [3.05, 3.63) is 0 Å². The van der Waals surface area contributed by atoms with Crippen molar-refractivity contribution in [2.45, 2.75) is 64.2 Å². The second kappa shape index (κ2) is 6.32. The summed E-state index contributed by atoms with van der Waals surface area (Å²) in [6, 6.07) is 0. The van der Waals surface area contributed by atoms with Crippen LogP contribution in [0.1, 0.15) is 64.2 Å². The first-order valence-electron chi connectivity index (χ1n) is 9.23. The smallest absolute Gasteiger partial charge is 0.226 e. The fourth-order valence-electron chi connectivity index (χ4n) is 5.40. The molecule has 0 aromatic carbocycles. The first-order valence-corrected chi connectivity index (χ1v) is 9.23. The Morgan fingerprint density at radius 3 is 2.18 bits per heavy atom. The van der Waals surface area contributed by atoms with Gasteiger partial charge in [0.15, 0.2) is 0 Å². The quantitative estimate of drug-likeness (QED) is 0.801. The number of rotatable bonds is 1. The van der Waals surface area contributed by atoms with E-state index in [1.807, 2.05) is 0 Å². The van der Waals surface area contributed by atoms with Crippen LogP contribution in [-0.2, 0) is 4.79 Å². The monoisotopic (exact) mass is 326 g/mol. The lowest BCUT2D eigenvalue weighted by Crippen LogP contribution is -2.45. The lowest BCUT2D eigenvalue weighted by molar-refractivity contribution is -0.136. The van der Waals surface area contributed by atoms with Crippen LogP contribution in [0.3, 0.4) is 0 Å². The average Bonchev–Trinajstić information content (AvgIpc) is 3.22. The van der Waals surface area contributed by atoms with E-state index in [0.717, 1.165) is 26.2 Å². The van der Waals surface area contributed by atoms with Crippen LogP contribution in [0.15, 0.2) is 0 Å². The zero-order valence-corrected chi connectivity index (χ0v) is 14.6. The van der Waals surface area contributed by atoms with Crippen LogP contribution in [-0.4, -0.2) is 37.0 Å². The topological polar surface area (TPSA) is 32.3 Å². The number of carbonyl (C=O) groups is 1. The van der Waals surface area contributed by atoms with Crippen molar-refractivity contribution in [3.8, 4) is 0 Å². The molecule has 22 heavy (non-hydrogen) atoms. The summed E-state index contributed by atoms with van der Waals surface area (Å²) in [7, 11) is 0. The molecule has 4 rings (SSSR count). The molecule has 1 atom stereocenters. The second-order valence-electron chi connectivity index (χ2n) is 8.26. The highest BCUT2D eigenvalue weighted by molar-refractivity contribution is 5.85. The predicted octanol–water partition coefficient (Wildman–Crippen LogP) is 3.37. The molecule has 2 heterocycles. The molecule has 0 aromatic rings. The van der Waals surface area contributed by atoms with Crippen LogP contribution >= 0.6 is 12.4 Å². The zero-order valence-electron chi connectivity index (χ0n) is 13.7. The summed E-state index contributed by atoms with van der Waals surface area (Å²) in [5.74, 6) is 0.877. The third-order valence-electron chi connectivity index (χ3n) is 7.14. The Balaban J connectivity index is 0.00000144. The van der Waals surface area contributed by atoms with Gasteiger partial charge < -0.3 is 10.2 Å². The molecule has 3 nitrogen and oxygen atoms in total. The summed E-state index contributed by atoms with van der Waals surface area (Å²) in [6.07, 6.45) is 13.3. The van der Waals surface area contributed by atoms with Gasteiger partial charge in [-0.2, -0.15) is 0 Å². The SMILES string of the molecule is Cl.O=C(C1CC12CCNCC2)N1CCC2(CCCCC2)CC1. The van der Waals surface area contributed by atoms with E-state index in [2.05, 4.69) is 10.2 Å². The van der Waals surface area contributed by atoms with Crippen molar-refractivity contribution < 1.29 is 4.79 Å². The molecule has 1 N–H and O–H groups in total. The summed E-state index contributed by atoms with van der Waals surface area (Å²) in [6.45, 7) is 4.33. The zero-order chi connectivity index (χ0) is 14.3. The molecule has 4 aliphatic rings. The number of carbonyl (C=O) groups excluding carboxylic acids is 1. The van der Waals surface area contributed by atoms with Crippen molar-refractivity contribution in [2.24, 2.45) is 16.7 Å². The maximum Gasteiger partial charge on any atom is 0.226 e. The highest BCUT2D eigenvalue weighted by Crippen LogP contribution is 2.59. The minimum Gasteiger partial charge on any atom is -0.342 e. The first kappa shape index (κ1) is 16.6. The number of piperidine rings is 2. The van der Waals surface area contributed by atoms with Gasteiger partial charge in [-0.25, -0.2) is 0 Å². The van der Waals surface area contributed by atoms with Crippen LogP contribution < -0.4 is 5.32 Å². The number of amides is 1. The van der Waals surface area contributed by atoms with E-state index >= 15 is 0 Å². The summed E-state index contributed by atoms with van der Waals surface area (Å²) in [5.41, 5.74) is 1.02. The van der Waals surface area contributed by atoms with Gasteiger partial charge in [0.2, 0.25) is 5.91 Å². The van der Waals surface area contributed by atoms with Crippen LogP contribution in [0.5, 0.6) is 0 Å². The molecular weight excluding hydrogens is 296 g/mol. The van der Waals surface area contributed by atoms with Gasteiger partial charge in [0.25, 0.3) is 0 Å². The minimum absolute atomic E-state index is 0. The lowest BCUT2D eigenvalue weighted by atomic mass is 9.68. The van der Waals surface area contributed by atoms with Crippen molar-refractivity contribution in [2.75, 3.05) is 26.2 Å². The standard InChI is InChI=1S/C18H30N2O.ClH/c21-16(15-14-18(15)6-10-19-11-7-18)20-12-8-17(9-13-20)4-2-1-3-5-17;/h15,19H,1-14H2;1H. The van der Waals surface area contributed by atoms with Crippen LogP contribution in [0.2, 0.25) is 0 Å². The van der Waals surface area contributed by atoms with E-state index in [4.69, 9.17) is 0 Å². The van der Waals surface area contributed by atoms with Crippen LogP contribution in [0, 0.1) is 16.7 Å². The Kier molecular flexibility index (Phi) is 4.76. The van der Waals surface area contributed by atoms with Crippen molar-refractivity contribution in [3.63, 3.8) is 0 Å². The molecule has 0 bridgehead atoms. The van der Waals surface area contributed by atoms with Crippen molar-refractivity contribution in [1.29, 1.82) is 0 Å². The van der Waals surface area contributed by atoms with E-state index in [9.17, 15) is 4.79 Å². The molecule has 1 amide bonds. The highest BCUT2D eigenvalue weighted by atomic mass is 35.5. The molecule has 2 saturated carbocycles. The predicted molar refractivity (Wildman–Crippen MR) is 91.2 cm³/mol. The summed E-state index contributed by atoms with van der Waals surface area (Å²) < 4.78 is 0. The largest absolute Gasteiger partial charge is 0.342 e. The molecule has 1 unspecified atom stereocenters. The Labute approximate surface area is 141 Å². The van der Waals surface area contributed by atoms with E-state index in [1.165, 1.54) is 64.2 Å². The van der Waals surface area contributed by atoms with Crippen LogP contribution in [0.4, 0.5) is 0 Å². The highest BCUT2D eigenvalue weighted by Gasteiger charge is 2.58. The molecular formula is C18H31ClN2O. The number of halogens is 1. The third kappa shape index (κ3) is 2.91. The van der Waals surface area contributed by atoms with Gasteiger partial charge in [0.1, 0.15) is 0 Å².